The van der Waals surface area contributed by atoms with E-state index in [0.29, 0.717) is 49.1 Å². The van der Waals surface area contributed by atoms with Gasteiger partial charge in [-0.2, -0.15) is 17.4 Å². The Labute approximate surface area is 147 Å². The van der Waals surface area contributed by atoms with Crippen molar-refractivity contribution in [2.45, 2.75) is 6.54 Å². The summed E-state index contributed by atoms with van der Waals surface area (Å²) in [6.07, 6.45) is 1.68. The first-order valence-electron chi connectivity index (χ1n) is 7.87. The summed E-state index contributed by atoms with van der Waals surface area (Å²) in [7, 11) is -2.02. The predicted molar refractivity (Wildman–Crippen MR) is 92.2 cm³/mol. The van der Waals surface area contributed by atoms with Gasteiger partial charge in [0.2, 0.25) is 0 Å². The Morgan fingerprint density at radius 3 is 2.72 bits per heavy atom. The summed E-state index contributed by atoms with van der Waals surface area (Å²) in [5, 5.41) is 0. The van der Waals surface area contributed by atoms with Crippen LogP contribution < -0.4 is 9.46 Å². The van der Waals surface area contributed by atoms with Crippen LogP contribution in [0.2, 0.25) is 0 Å². The average Bonchev–Trinajstić information content (AvgIpc) is 2.67. The van der Waals surface area contributed by atoms with Gasteiger partial charge in [-0.15, -0.1) is 0 Å². The number of aromatic nitrogens is 2. The van der Waals surface area contributed by atoms with Gasteiger partial charge in [0, 0.05) is 31.4 Å². The zero-order valence-electron chi connectivity index (χ0n) is 13.9. The third-order valence-electron chi connectivity index (χ3n) is 3.76. The van der Waals surface area contributed by atoms with Gasteiger partial charge in [-0.05, 0) is 12.1 Å². The molecule has 3 heterocycles. The van der Waals surface area contributed by atoms with E-state index in [0.717, 1.165) is 0 Å². The molecule has 0 saturated carbocycles. The summed E-state index contributed by atoms with van der Waals surface area (Å²) in [5.74, 6) is 0.594. The second kappa shape index (κ2) is 7.87. The van der Waals surface area contributed by atoms with Crippen LogP contribution in [0.25, 0.3) is 11.4 Å². The molecule has 0 bridgehead atoms. The lowest BCUT2D eigenvalue weighted by Gasteiger charge is -2.26. The molecule has 3 rings (SSSR count). The van der Waals surface area contributed by atoms with Crippen LogP contribution >= 0.6 is 0 Å². The highest BCUT2D eigenvalue weighted by atomic mass is 32.2. The standard InChI is InChI=1S/C16H20N4O4S/c1-23-14-10-13(19-16(11-14)15-4-2-3-5-17-15)12-18-25(21,22)20-6-8-24-9-7-20/h2-5,10-11,18H,6-9,12H2,1H3. The molecule has 0 amide bonds. The Kier molecular flexibility index (Phi) is 5.59. The number of nitrogens with one attached hydrogen (secondary N) is 1. The average molecular weight is 364 g/mol. The fourth-order valence-electron chi connectivity index (χ4n) is 2.46. The van der Waals surface area contributed by atoms with Crippen molar-refractivity contribution in [3.8, 4) is 17.1 Å². The molecule has 0 aromatic carbocycles. The smallest absolute Gasteiger partial charge is 0.279 e. The molecule has 134 valence electrons. The van der Waals surface area contributed by atoms with Crippen LogP contribution in [0.3, 0.4) is 0 Å². The highest BCUT2D eigenvalue weighted by Gasteiger charge is 2.24. The number of hydrogen-bond donors (Lipinski definition) is 1. The molecule has 25 heavy (non-hydrogen) atoms. The summed E-state index contributed by atoms with van der Waals surface area (Å²) in [4.78, 5) is 8.76. The Morgan fingerprint density at radius 1 is 1.24 bits per heavy atom. The van der Waals surface area contributed by atoms with Gasteiger partial charge >= 0.3 is 0 Å². The van der Waals surface area contributed by atoms with E-state index < -0.39 is 10.2 Å². The number of hydrogen-bond acceptors (Lipinski definition) is 6. The summed E-state index contributed by atoms with van der Waals surface area (Å²) in [6, 6.07) is 8.99. The van der Waals surface area contributed by atoms with Crippen molar-refractivity contribution in [3.63, 3.8) is 0 Å². The van der Waals surface area contributed by atoms with Crippen molar-refractivity contribution in [1.82, 2.24) is 19.0 Å². The zero-order chi connectivity index (χ0) is 17.7. The normalized spacial score (nSPS) is 15.9. The lowest BCUT2D eigenvalue weighted by molar-refractivity contribution is 0.0724. The molecule has 0 radical (unpaired) electrons. The van der Waals surface area contributed by atoms with Crippen LogP contribution in [0.1, 0.15) is 5.69 Å². The number of rotatable bonds is 6. The highest BCUT2D eigenvalue weighted by molar-refractivity contribution is 7.87. The van der Waals surface area contributed by atoms with E-state index in [1.165, 1.54) is 4.31 Å². The molecule has 2 aromatic heterocycles. The number of nitrogens with zero attached hydrogens (tertiary/aromatic N) is 3. The second-order valence-electron chi connectivity index (χ2n) is 5.44. The van der Waals surface area contributed by atoms with Crippen molar-refractivity contribution in [2.75, 3.05) is 33.4 Å². The van der Waals surface area contributed by atoms with Crippen molar-refractivity contribution in [3.05, 3.63) is 42.2 Å². The first-order chi connectivity index (χ1) is 12.1. The maximum Gasteiger partial charge on any atom is 0.279 e. The van der Waals surface area contributed by atoms with E-state index in [4.69, 9.17) is 9.47 Å². The predicted octanol–water partition coefficient (Wildman–Crippen LogP) is 0.819. The number of morpholine rings is 1. The van der Waals surface area contributed by atoms with E-state index >= 15 is 0 Å². The molecule has 0 spiro atoms. The van der Waals surface area contributed by atoms with Gasteiger partial charge in [-0.25, -0.2) is 4.98 Å². The third kappa shape index (κ3) is 4.51. The number of pyridine rings is 2. The number of methoxy groups -OCH3 is 1. The molecule has 1 N–H and O–H groups in total. The number of ether oxygens (including phenoxy) is 2. The van der Waals surface area contributed by atoms with Gasteiger partial charge in [0.05, 0.1) is 44.0 Å². The van der Waals surface area contributed by atoms with Crippen LogP contribution in [-0.4, -0.2) is 56.1 Å². The molecule has 0 aliphatic carbocycles. The summed E-state index contributed by atoms with van der Waals surface area (Å²) in [6.45, 7) is 1.57. The van der Waals surface area contributed by atoms with E-state index in [-0.39, 0.29) is 6.54 Å². The summed E-state index contributed by atoms with van der Waals surface area (Å²) < 4.78 is 39.1. The maximum absolute atomic E-state index is 12.4. The van der Waals surface area contributed by atoms with Gasteiger partial charge in [-0.1, -0.05) is 6.07 Å². The van der Waals surface area contributed by atoms with Crippen LogP contribution in [0.4, 0.5) is 0 Å². The molecule has 0 atom stereocenters. The third-order valence-corrected chi connectivity index (χ3v) is 5.31. The van der Waals surface area contributed by atoms with Gasteiger partial charge in [-0.3, -0.25) is 4.98 Å². The van der Waals surface area contributed by atoms with E-state index in [9.17, 15) is 8.42 Å². The molecule has 1 saturated heterocycles. The molecule has 8 nitrogen and oxygen atoms in total. The van der Waals surface area contributed by atoms with Crippen LogP contribution in [-0.2, 0) is 21.5 Å². The van der Waals surface area contributed by atoms with Gasteiger partial charge in [0.25, 0.3) is 10.2 Å². The van der Waals surface area contributed by atoms with E-state index in [1.54, 1.807) is 25.4 Å². The molecular weight excluding hydrogens is 344 g/mol. The highest BCUT2D eigenvalue weighted by Crippen LogP contribution is 2.21. The summed E-state index contributed by atoms with van der Waals surface area (Å²) in [5.41, 5.74) is 1.87. The minimum Gasteiger partial charge on any atom is -0.497 e. The monoisotopic (exact) mass is 364 g/mol. The lowest BCUT2D eigenvalue weighted by Crippen LogP contribution is -2.46. The van der Waals surface area contributed by atoms with Crippen LogP contribution in [0.15, 0.2) is 36.5 Å². The molecule has 1 aliphatic rings. The van der Waals surface area contributed by atoms with Crippen molar-refractivity contribution in [1.29, 1.82) is 0 Å². The van der Waals surface area contributed by atoms with Gasteiger partial charge in [0.1, 0.15) is 5.75 Å². The van der Waals surface area contributed by atoms with E-state index in [1.807, 2.05) is 18.2 Å². The van der Waals surface area contributed by atoms with Crippen LogP contribution in [0, 0.1) is 0 Å². The van der Waals surface area contributed by atoms with Crippen molar-refractivity contribution < 1.29 is 17.9 Å². The molecule has 9 heteroatoms. The molecular formula is C16H20N4O4S. The Morgan fingerprint density at radius 2 is 2.04 bits per heavy atom. The minimum atomic E-state index is -3.57. The van der Waals surface area contributed by atoms with Gasteiger partial charge < -0.3 is 9.47 Å². The SMILES string of the molecule is COc1cc(CNS(=O)(=O)N2CCOCC2)nc(-c2ccccn2)c1. The first-order valence-corrected chi connectivity index (χ1v) is 9.31. The maximum atomic E-state index is 12.4. The zero-order valence-corrected chi connectivity index (χ0v) is 14.7. The summed E-state index contributed by atoms with van der Waals surface area (Å²) >= 11 is 0. The Balaban J connectivity index is 1.78. The van der Waals surface area contributed by atoms with Crippen molar-refractivity contribution >= 4 is 10.2 Å². The topological polar surface area (TPSA) is 93.7 Å². The Hall–Kier alpha value is -2.07. The van der Waals surface area contributed by atoms with E-state index in [2.05, 4.69) is 14.7 Å². The molecule has 1 fully saturated rings. The fourth-order valence-corrected chi connectivity index (χ4v) is 3.60. The Bertz CT molecular complexity index is 808. The molecule has 2 aromatic rings. The van der Waals surface area contributed by atoms with Crippen molar-refractivity contribution in [2.24, 2.45) is 0 Å². The molecule has 1 aliphatic heterocycles. The first kappa shape index (κ1) is 17.7. The fraction of sp³-hybridized carbons (Fsp3) is 0.375. The largest absolute Gasteiger partial charge is 0.497 e. The lowest BCUT2D eigenvalue weighted by atomic mass is 10.2. The van der Waals surface area contributed by atoms with Crippen LogP contribution in [0.5, 0.6) is 5.75 Å². The quantitative estimate of drug-likeness (QED) is 0.816. The van der Waals surface area contributed by atoms with Gasteiger partial charge in [0.15, 0.2) is 0 Å². The molecule has 0 unspecified atom stereocenters. The second-order valence-corrected chi connectivity index (χ2v) is 7.19. The minimum absolute atomic E-state index is 0.0662.